The number of carbonyl (C=O) groups is 1. The molecule has 200 valence electrons. The minimum atomic E-state index is -1.18. The number of nitrogens with zero attached hydrogens (tertiary/aromatic N) is 5. The summed E-state index contributed by atoms with van der Waals surface area (Å²) in [7, 11) is -1.18. The van der Waals surface area contributed by atoms with E-state index in [-0.39, 0.29) is 6.09 Å². The number of piperazine rings is 1. The minimum absolute atomic E-state index is 0.246. The summed E-state index contributed by atoms with van der Waals surface area (Å²) in [5.41, 5.74) is 3.46. The Kier molecular flexibility index (Phi) is 8.16. The summed E-state index contributed by atoms with van der Waals surface area (Å²) in [4.78, 5) is 25.1. The van der Waals surface area contributed by atoms with Crippen molar-refractivity contribution in [3.63, 3.8) is 0 Å². The van der Waals surface area contributed by atoms with Gasteiger partial charge in [0.25, 0.3) is 0 Å². The molecule has 0 spiro atoms. The van der Waals surface area contributed by atoms with Gasteiger partial charge in [0, 0.05) is 46.5 Å². The van der Waals surface area contributed by atoms with Crippen LogP contribution >= 0.6 is 11.6 Å². The van der Waals surface area contributed by atoms with Crippen molar-refractivity contribution >= 4 is 42.5 Å². The third kappa shape index (κ3) is 7.03. The molecule has 37 heavy (non-hydrogen) atoms. The SMILES string of the molecule is CC(C)(C)OC(=O)N1CCN(c2ccc(-c3cc4c(Cl)ncnc4n3COCC[Si](C)(C)C)cc2)CC1. The Balaban J connectivity index is 1.48. The maximum atomic E-state index is 12.4. The van der Waals surface area contributed by atoms with E-state index in [0.717, 1.165) is 53.7 Å². The van der Waals surface area contributed by atoms with E-state index in [1.807, 2.05) is 26.8 Å². The molecular formula is C27H38ClN5O3Si. The predicted molar refractivity (Wildman–Crippen MR) is 152 cm³/mol. The van der Waals surface area contributed by atoms with Gasteiger partial charge in [0.15, 0.2) is 0 Å². The van der Waals surface area contributed by atoms with E-state index in [2.05, 4.69) is 63.3 Å². The molecule has 3 aromatic rings. The van der Waals surface area contributed by atoms with Gasteiger partial charge in [-0.25, -0.2) is 14.8 Å². The summed E-state index contributed by atoms with van der Waals surface area (Å²) in [5, 5.41) is 1.25. The lowest BCUT2D eigenvalue weighted by molar-refractivity contribution is 0.0240. The average molecular weight is 544 g/mol. The van der Waals surface area contributed by atoms with Gasteiger partial charge in [-0.2, -0.15) is 0 Å². The van der Waals surface area contributed by atoms with Crippen molar-refractivity contribution in [2.75, 3.05) is 37.7 Å². The Morgan fingerprint density at radius 2 is 1.73 bits per heavy atom. The van der Waals surface area contributed by atoms with Crippen LogP contribution in [0.3, 0.4) is 0 Å². The van der Waals surface area contributed by atoms with Crippen LogP contribution in [0.1, 0.15) is 20.8 Å². The highest BCUT2D eigenvalue weighted by Gasteiger charge is 2.26. The first-order valence-electron chi connectivity index (χ1n) is 12.8. The molecule has 0 bridgehead atoms. The molecule has 1 aromatic carbocycles. The molecule has 3 heterocycles. The molecule has 10 heteroatoms. The van der Waals surface area contributed by atoms with Gasteiger partial charge in [-0.05, 0) is 50.6 Å². The lowest BCUT2D eigenvalue weighted by Crippen LogP contribution is -2.50. The van der Waals surface area contributed by atoms with Crippen LogP contribution < -0.4 is 4.90 Å². The summed E-state index contributed by atoms with van der Waals surface area (Å²) >= 11 is 6.40. The first-order chi connectivity index (χ1) is 17.4. The summed E-state index contributed by atoms with van der Waals surface area (Å²) in [5.74, 6) is 0. The fourth-order valence-corrected chi connectivity index (χ4v) is 5.19. The highest BCUT2D eigenvalue weighted by atomic mass is 35.5. The van der Waals surface area contributed by atoms with Gasteiger partial charge >= 0.3 is 6.09 Å². The topological polar surface area (TPSA) is 72.7 Å². The van der Waals surface area contributed by atoms with Gasteiger partial charge < -0.3 is 23.8 Å². The van der Waals surface area contributed by atoms with Crippen LogP contribution in [-0.2, 0) is 16.2 Å². The molecular weight excluding hydrogens is 506 g/mol. The number of fused-ring (bicyclic) bond motifs is 1. The van der Waals surface area contributed by atoms with Crippen molar-refractivity contribution in [3.8, 4) is 11.3 Å². The van der Waals surface area contributed by atoms with Crippen LogP contribution in [0.4, 0.5) is 10.5 Å². The van der Waals surface area contributed by atoms with Crippen molar-refractivity contribution in [1.29, 1.82) is 0 Å². The molecule has 4 rings (SSSR count). The monoisotopic (exact) mass is 543 g/mol. The van der Waals surface area contributed by atoms with E-state index >= 15 is 0 Å². The van der Waals surface area contributed by atoms with E-state index in [9.17, 15) is 4.79 Å². The Morgan fingerprint density at radius 3 is 2.35 bits per heavy atom. The summed E-state index contributed by atoms with van der Waals surface area (Å²) < 4.78 is 13.7. The van der Waals surface area contributed by atoms with Crippen LogP contribution in [0.15, 0.2) is 36.7 Å². The number of halogens is 1. The van der Waals surface area contributed by atoms with Gasteiger partial charge in [-0.3, -0.25) is 0 Å². The van der Waals surface area contributed by atoms with Crippen molar-refractivity contribution < 1.29 is 14.3 Å². The molecule has 0 saturated carbocycles. The highest BCUT2D eigenvalue weighted by molar-refractivity contribution is 6.76. The van der Waals surface area contributed by atoms with E-state index in [0.29, 0.717) is 25.0 Å². The second kappa shape index (κ2) is 11.0. The fourth-order valence-electron chi connectivity index (χ4n) is 4.25. The zero-order valence-electron chi connectivity index (χ0n) is 22.8. The Morgan fingerprint density at radius 1 is 1.05 bits per heavy atom. The lowest BCUT2D eigenvalue weighted by Gasteiger charge is -2.36. The van der Waals surface area contributed by atoms with Gasteiger partial charge in [0.2, 0.25) is 0 Å². The normalized spacial score (nSPS) is 14.9. The highest BCUT2D eigenvalue weighted by Crippen LogP contribution is 2.32. The standard InChI is InChI=1S/C27H38ClN5O3Si/c1-27(2,3)36-26(34)32-13-11-31(12-14-32)21-9-7-20(8-10-21)23-17-22-24(28)29-18-30-25(22)33(23)19-35-15-16-37(4,5)6/h7-10,17-18H,11-16,19H2,1-6H3. The molecule has 1 aliphatic rings. The number of hydrogen-bond acceptors (Lipinski definition) is 6. The minimum Gasteiger partial charge on any atom is -0.444 e. The molecule has 0 radical (unpaired) electrons. The molecule has 0 atom stereocenters. The summed E-state index contributed by atoms with van der Waals surface area (Å²) in [6.45, 7) is 16.6. The molecule has 1 saturated heterocycles. The van der Waals surface area contributed by atoms with Crippen LogP contribution in [-0.4, -0.2) is 72.0 Å². The van der Waals surface area contributed by atoms with Gasteiger partial charge in [0.05, 0.1) is 11.1 Å². The molecule has 8 nitrogen and oxygen atoms in total. The number of hydrogen-bond donors (Lipinski definition) is 0. The summed E-state index contributed by atoms with van der Waals surface area (Å²) in [6.07, 6.45) is 1.25. The predicted octanol–water partition coefficient (Wildman–Crippen LogP) is 6.12. The van der Waals surface area contributed by atoms with Crippen LogP contribution in [0.25, 0.3) is 22.3 Å². The smallest absolute Gasteiger partial charge is 0.410 e. The number of aromatic nitrogens is 3. The Hall–Kier alpha value is -2.62. The molecule has 0 N–H and O–H groups in total. The maximum absolute atomic E-state index is 12.4. The third-order valence-electron chi connectivity index (χ3n) is 6.32. The van der Waals surface area contributed by atoms with Crippen LogP contribution in [0, 0.1) is 0 Å². The molecule has 2 aromatic heterocycles. The van der Waals surface area contributed by atoms with Gasteiger partial charge in [-0.1, -0.05) is 43.4 Å². The van der Waals surface area contributed by atoms with E-state index in [4.69, 9.17) is 21.1 Å². The van der Waals surface area contributed by atoms with Gasteiger partial charge in [0.1, 0.15) is 29.5 Å². The number of benzene rings is 1. The fraction of sp³-hybridized carbons (Fsp3) is 0.519. The van der Waals surface area contributed by atoms with E-state index < -0.39 is 13.7 Å². The largest absolute Gasteiger partial charge is 0.444 e. The zero-order chi connectivity index (χ0) is 26.8. The first kappa shape index (κ1) is 27.4. The Labute approximate surface area is 225 Å². The second-order valence-corrected chi connectivity index (χ2v) is 17.7. The summed E-state index contributed by atoms with van der Waals surface area (Å²) in [6, 6.07) is 11.6. The zero-order valence-corrected chi connectivity index (χ0v) is 24.5. The molecule has 1 amide bonds. The Bertz CT molecular complexity index is 1230. The lowest BCUT2D eigenvalue weighted by atomic mass is 10.1. The molecule has 0 unspecified atom stereocenters. The van der Waals surface area contributed by atoms with Crippen molar-refractivity contribution in [2.24, 2.45) is 0 Å². The molecule has 0 aliphatic carbocycles. The quantitative estimate of drug-likeness (QED) is 0.203. The van der Waals surface area contributed by atoms with Crippen molar-refractivity contribution in [3.05, 3.63) is 41.8 Å². The number of carbonyl (C=O) groups excluding carboxylic acids is 1. The van der Waals surface area contributed by atoms with Gasteiger partial charge in [-0.15, -0.1) is 0 Å². The maximum Gasteiger partial charge on any atom is 0.410 e. The van der Waals surface area contributed by atoms with Crippen molar-refractivity contribution in [2.45, 2.75) is 58.8 Å². The van der Waals surface area contributed by atoms with Crippen LogP contribution in [0.2, 0.25) is 30.8 Å². The van der Waals surface area contributed by atoms with Crippen LogP contribution in [0.5, 0.6) is 0 Å². The number of rotatable bonds is 7. The van der Waals surface area contributed by atoms with E-state index in [1.165, 1.54) is 6.33 Å². The number of ether oxygens (including phenoxy) is 2. The van der Waals surface area contributed by atoms with Crippen molar-refractivity contribution in [1.82, 2.24) is 19.4 Å². The number of anilines is 1. The average Bonchev–Trinajstić information content (AvgIpc) is 3.20. The third-order valence-corrected chi connectivity index (χ3v) is 8.32. The molecule has 1 fully saturated rings. The molecule has 1 aliphatic heterocycles. The second-order valence-electron chi connectivity index (χ2n) is 11.7. The first-order valence-corrected chi connectivity index (χ1v) is 16.9. The van der Waals surface area contributed by atoms with E-state index in [1.54, 1.807) is 4.90 Å². The number of amides is 1.